The third-order valence-corrected chi connectivity index (χ3v) is 3.66. The molecule has 2 heteroatoms. The van der Waals surface area contributed by atoms with Gasteiger partial charge in [-0.3, -0.25) is 0 Å². The van der Waals surface area contributed by atoms with E-state index in [1.54, 1.807) is 0 Å². The molecule has 1 unspecified atom stereocenters. The fraction of sp³-hybridized carbons (Fsp3) is 0.294. The Morgan fingerprint density at radius 1 is 1.00 bits per heavy atom. The Morgan fingerprint density at radius 3 is 2.58 bits per heavy atom. The first kappa shape index (κ1) is 12.2. The van der Waals surface area contributed by atoms with Gasteiger partial charge in [-0.25, -0.2) is 0 Å². The van der Waals surface area contributed by atoms with Gasteiger partial charge < -0.3 is 9.84 Å². The summed E-state index contributed by atoms with van der Waals surface area (Å²) in [4.78, 5) is 0. The van der Waals surface area contributed by atoms with Crippen LogP contribution in [0.3, 0.4) is 0 Å². The van der Waals surface area contributed by atoms with Crippen LogP contribution < -0.4 is 4.74 Å². The van der Waals surface area contributed by atoms with Gasteiger partial charge in [0, 0.05) is 12.0 Å². The lowest BCUT2D eigenvalue weighted by Crippen LogP contribution is -2.26. The van der Waals surface area contributed by atoms with Crippen LogP contribution in [-0.2, 0) is 6.42 Å². The lowest BCUT2D eigenvalue weighted by atomic mass is 9.95. The molecule has 0 saturated carbocycles. The van der Waals surface area contributed by atoms with Crippen LogP contribution in [0.4, 0.5) is 0 Å². The highest BCUT2D eigenvalue weighted by atomic mass is 16.5. The quantitative estimate of drug-likeness (QED) is 0.908. The van der Waals surface area contributed by atoms with Crippen molar-refractivity contribution in [2.45, 2.75) is 31.5 Å². The molecule has 2 atom stereocenters. The number of aliphatic hydroxyl groups excluding tert-OH is 1. The van der Waals surface area contributed by atoms with Gasteiger partial charge >= 0.3 is 0 Å². The minimum Gasteiger partial charge on any atom is -0.490 e. The predicted molar refractivity (Wildman–Crippen MR) is 75.2 cm³/mol. The van der Waals surface area contributed by atoms with E-state index in [2.05, 4.69) is 24.3 Å². The minimum absolute atomic E-state index is 0.102. The number of hydrogen-bond donors (Lipinski definition) is 1. The summed E-state index contributed by atoms with van der Waals surface area (Å²) in [5, 5.41) is 10.1. The zero-order valence-corrected chi connectivity index (χ0v) is 10.8. The standard InChI is InChI=1S/C17H18O2/c18-16-12-14(11-10-13-6-2-1-3-7-13)19-17-9-5-4-8-15(16)17/h1-9,14,16,18H,10-12H2/t14?,16-/m0/s1. The third kappa shape index (κ3) is 2.79. The van der Waals surface area contributed by atoms with E-state index in [9.17, 15) is 5.11 Å². The van der Waals surface area contributed by atoms with Crippen LogP contribution in [0, 0.1) is 0 Å². The first-order valence-electron chi connectivity index (χ1n) is 6.80. The van der Waals surface area contributed by atoms with Gasteiger partial charge in [-0.2, -0.15) is 0 Å². The second-order valence-corrected chi connectivity index (χ2v) is 5.05. The Hall–Kier alpha value is -1.80. The van der Waals surface area contributed by atoms with E-state index in [1.807, 2.05) is 30.3 Å². The summed E-state index contributed by atoms with van der Waals surface area (Å²) in [6.45, 7) is 0. The van der Waals surface area contributed by atoms with Crippen molar-refractivity contribution in [1.29, 1.82) is 0 Å². The maximum Gasteiger partial charge on any atom is 0.125 e. The number of benzene rings is 2. The smallest absolute Gasteiger partial charge is 0.125 e. The second-order valence-electron chi connectivity index (χ2n) is 5.05. The second kappa shape index (κ2) is 5.45. The number of aliphatic hydroxyl groups is 1. The maximum absolute atomic E-state index is 10.1. The molecular formula is C17H18O2. The van der Waals surface area contributed by atoms with Gasteiger partial charge in [0.25, 0.3) is 0 Å². The summed E-state index contributed by atoms with van der Waals surface area (Å²) >= 11 is 0. The first-order valence-corrected chi connectivity index (χ1v) is 6.80. The first-order chi connectivity index (χ1) is 9.33. The fourth-order valence-electron chi connectivity index (χ4n) is 2.62. The average Bonchev–Trinajstić information content (AvgIpc) is 2.46. The van der Waals surface area contributed by atoms with Crippen molar-refractivity contribution >= 4 is 0 Å². The van der Waals surface area contributed by atoms with E-state index in [0.717, 1.165) is 24.2 Å². The van der Waals surface area contributed by atoms with Gasteiger partial charge in [-0.15, -0.1) is 0 Å². The van der Waals surface area contributed by atoms with Gasteiger partial charge in [0.1, 0.15) is 11.9 Å². The van der Waals surface area contributed by atoms with Crippen molar-refractivity contribution in [3.63, 3.8) is 0 Å². The summed E-state index contributed by atoms with van der Waals surface area (Å²) in [5.41, 5.74) is 2.23. The Bertz CT molecular complexity index is 536. The molecule has 19 heavy (non-hydrogen) atoms. The van der Waals surface area contributed by atoms with Gasteiger partial charge in [0.05, 0.1) is 6.10 Å². The molecule has 1 aliphatic heterocycles. The molecule has 1 N–H and O–H groups in total. The molecule has 0 amide bonds. The van der Waals surface area contributed by atoms with Crippen LogP contribution in [0.2, 0.25) is 0 Å². The maximum atomic E-state index is 10.1. The van der Waals surface area contributed by atoms with Crippen LogP contribution in [0.1, 0.15) is 30.1 Å². The zero-order valence-electron chi connectivity index (χ0n) is 10.8. The van der Waals surface area contributed by atoms with E-state index in [-0.39, 0.29) is 6.10 Å². The molecule has 0 bridgehead atoms. The van der Waals surface area contributed by atoms with Crippen molar-refractivity contribution in [3.8, 4) is 5.75 Å². The summed E-state index contributed by atoms with van der Waals surface area (Å²) < 4.78 is 5.96. The molecule has 2 aromatic rings. The Balaban J connectivity index is 1.65. The van der Waals surface area contributed by atoms with Crippen molar-refractivity contribution in [2.75, 3.05) is 0 Å². The summed E-state index contributed by atoms with van der Waals surface area (Å²) in [6, 6.07) is 18.2. The normalized spacial score (nSPS) is 21.5. The van der Waals surface area contributed by atoms with E-state index < -0.39 is 6.10 Å². The minimum atomic E-state index is -0.397. The Kier molecular flexibility index (Phi) is 3.51. The van der Waals surface area contributed by atoms with Crippen molar-refractivity contribution in [3.05, 3.63) is 65.7 Å². The van der Waals surface area contributed by atoms with Crippen molar-refractivity contribution < 1.29 is 9.84 Å². The van der Waals surface area contributed by atoms with Gasteiger partial charge in [-0.05, 0) is 24.5 Å². The molecular weight excluding hydrogens is 236 g/mol. The van der Waals surface area contributed by atoms with Crippen molar-refractivity contribution in [2.24, 2.45) is 0 Å². The van der Waals surface area contributed by atoms with E-state index in [4.69, 9.17) is 4.74 Å². The molecule has 1 aliphatic rings. The predicted octanol–water partition coefficient (Wildman–Crippen LogP) is 3.50. The van der Waals surface area contributed by atoms with Crippen LogP contribution >= 0.6 is 0 Å². The van der Waals surface area contributed by atoms with Crippen LogP contribution in [0.25, 0.3) is 0 Å². The largest absolute Gasteiger partial charge is 0.490 e. The molecule has 0 radical (unpaired) electrons. The molecule has 2 nitrogen and oxygen atoms in total. The highest BCUT2D eigenvalue weighted by Gasteiger charge is 2.26. The molecule has 0 aliphatic carbocycles. The lowest BCUT2D eigenvalue weighted by molar-refractivity contribution is 0.0620. The third-order valence-electron chi connectivity index (χ3n) is 3.66. The summed E-state index contributed by atoms with van der Waals surface area (Å²) in [5.74, 6) is 0.833. The molecule has 2 aromatic carbocycles. The molecule has 0 saturated heterocycles. The highest BCUT2D eigenvalue weighted by Crippen LogP contribution is 2.35. The monoisotopic (exact) mass is 254 g/mol. The number of ether oxygens (including phenoxy) is 1. The topological polar surface area (TPSA) is 29.5 Å². The Labute approximate surface area is 113 Å². The van der Waals surface area contributed by atoms with Gasteiger partial charge in [-0.1, -0.05) is 48.5 Å². The number of fused-ring (bicyclic) bond motifs is 1. The van der Waals surface area contributed by atoms with Crippen LogP contribution in [0.15, 0.2) is 54.6 Å². The van der Waals surface area contributed by atoms with E-state index in [0.29, 0.717) is 6.42 Å². The number of rotatable bonds is 3. The number of para-hydroxylation sites is 1. The summed E-state index contributed by atoms with van der Waals surface area (Å²) in [7, 11) is 0. The van der Waals surface area contributed by atoms with Crippen molar-refractivity contribution in [1.82, 2.24) is 0 Å². The van der Waals surface area contributed by atoms with E-state index in [1.165, 1.54) is 5.56 Å². The molecule has 0 fully saturated rings. The van der Waals surface area contributed by atoms with Gasteiger partial charge in [0.15, 0.2) is 0 Å². The molecule has 3 rings (SSSR count). The molecule has 98 valence electrons. The Morgan fingerprint density at radius 2 is 1.74 bits per heavy atom. The van der Waals surface area contributed by atoms with Crippen LogP contribution in [0.5, 0.6) is 5.75 Å². The summed E-state index contributed by atoms with van der Waals surface area (Å²) in [6.07, 6.45) is 2.32. The van der Waals surface area contributed by atoms with Crippen LogP contribution in [-0.4, -0.2) is 11.2 Å². The number of hydrogen-bond acceptors (Lipinski definition) is 2. The molecule has 1 heterocycles. The average molecular weight is 254 g/mol. The SMILES string of the molecule is O[C@H]1CC(CCc2ccccc2)Oc2ccccc21. The zero-order chi connectivity index (χ0) is 13.1. The highest BCUT2D eigenvalue weighted by molar-refractivity contribution is 5.36. The number of aryl methyl sites for hydroxylation is 1. The molecule has 0 aromatic heterocycles. The molecule has 0 spiro atoms. The van der Waals surface area contributed by atoms with Gasteiger partial charge in [0.2, 0.25) is 0 Å². The van der Waals surface area contributed by atoms with E-state index >= 15 is 0 Å². The lowest BCUT2D eigenvalue weighted by Gasteiger charge is -2.29. The fourth-order valence-corrected chi connectivity index (χ4v) is 2.62.